The van der Waals surface area contributed by atoms with Crippen LogP contribution in [0.3, 0.4) is 0 Å². The summed E-state index contributed by atoms with van der Waals surface area (Å²) >= 11 is 0. The Hall–Kier alpha value is -1.38. The van der Waals surface area contributed by atoms with Gasteiger partial charge in [0.1, 0.15) is 5.41 Å². The number of rotatable bonds is 8. The number of Topliss-reactive ketones (excluding diaryl/α,β-unsaturated/α-hetero) is 1. The van der Waals surface area contributed by atoms with Gasteiger partial charge in [0.2, 0.25) is 0 Å². The molecule has 0 aliphatic heterocycles. The molecule has 1 fully saturated rings. The van der Waals surface area contributed by atoms with Gasteiger partial charge in [0.25, 0.3) is 0 Å². The lowest BCUT2D eigenvalue weighted by atomic mass is 9.79. The molecular formula is C17H26O3. The summed E-state index contributed by atoms with van der Waals surface area (Å²) in [6.07, 6.45) is 9.56. The SMILES string of the molecule is C=C(/C=C/CCCC)CC1(C(=O)OCC)CCCC1=O. The Labute approximate surface area is 122 Å². The van der Waals surface area contributed by atoms with E-state index in [0.717, 1.165) is 31.3 Å². The summed E-state index contributed by atoms with van der Waals surface area (Å²) in [4.78, 5) is 24.3. The predicted octanol–water partition coefficient (Wildman–Crippen LogP) is 3.98. The first kappa shape index (κ1) is 16.7. The Bertz CT molecular complexity index is 395. The number of unbranched alkanes of at least 4 members (excludes halogenated alkanes) is 2. The number of allylic oxidation sites excluding steroid dienone is 3. The molecule has 1 saturated carbocycles. The first-order chi connectivity index (χ1) is 9.56. The smallest absolute Gasteiger partial charge is 0.319 e. The number of esters is 1. The monoisotopic (exact) mass is 278 g/mol. The molecule has 1 aliphatic rings. The van der Waals surface area contributed by atoms with Crippen LogP contribution in [-0.4, -0.2) is 18.4 Å². The molecule has 0 saturated heterocycles. The van der Waals surface area contributed by atoms with E-state index in [1.165, 1.54) is 0 Å². The molecule has 0 bridgehead atoms. The lowest BCUT2D eigenvalue weighted by Gasteiger charge is -2.25. The zero-order valence-electron chi connectivity index (χ0n) is 12.7. The van der Waals surface area contributed by atoms with Crippen LogP contribution in [0.15, 0.2) is 24.3 Å². The Balaban J connectivity index is 2.71. The molecule has 0 aromatic heterocycles. The van der Waals surface area contributed by atoms with E-state index >= 15 is 0 Å². The summed E-state index contributed by atoms with van der Waals surface area (Å²) in [6, 6.07) is 0. The van der Waals surface area contributed by atoms with E-state index in [1.54, 1.807) is 6.92 Å². The predicted molar refractivity (Wildman–Crippen MR) is 80.3 cm³/mol. The van der Waals surface area contributed by atoms with Crippen molar-refractivity contribution in [3.8, 4) is 0 Å². The highest BCUT2D eigenvalue weighted by molar-refractivity contribution is 6.05. The third-order valence-corrected chi connectivity index (χ3v) is 3.81. The Kier molecular flexibility index (Phi) is 6.69. The van der Waals surface area contributed by atoms with Crippen LogP contribution in [0.25, 0.3) is 0 Å². The molecule has 1 atom stereocenters. The normalized spacial score (nSPS) is 22.4. The van der Waals surface area contributed by atoms with Crippen molar-refractivity contribution in [2.24, 2.45) is 5.41 Å². The fraction of sp³-hybridized carbons (Fsp3) is 0.647. The highest BCUT2D eigenvalue weighted by atomic mass is 16.5. The van der Waals surface area contributed by atoms with Crippen molar-refractivity contribution in [3.63, 3.8) is 0 Å². The van der Waals surface area contributed by atoms with Gasteiger partial charge >= 0.3 is 5.97 Å². The van der Waals surface area contributed by atoms with Gasteiger partial charge in [-0.15, -0.1) is 0 Å². The van der Waals surface area contributed by atoms with Crippen LogP contribution in [0.4, 0.5) is 0 Å². The standard InChI is InChI=1S/C17H26O3/c1-4-6-7-8-10-14(3)13-17(16(19)20-5-2)12-9-11-15(17)18/h8,10H,3-7,9,11-13H2,1-2H3/b10-8+. The van der Waals surface area contributed by atoms with E-state index in [9.17, 15) is 9.59 Å². The summed E-state index contributed by atoms with van der Waals surface area (Å²) in [5.41, 5.74) is -0.133. The topological polar surface area (TPSA) is 43.4 Å². The van der Waals surface area contributed by atoms with Crippen molar-refractivity contribution >= 4 is 11.8 Å². The van der Waals surface area contributed by atoms with Crippen LogP contribution >= 0.6 is 0 Å². The lowest BCUT2D eigenvalue weighted by Crippen LogP contribution is -2.37. The number of hydrogen-bond donors (Lipinski definition) is 0. The zero-order chi connectivity index (χ0) is 15.0. The second kappa shape index (κ2) is 8.03. The summed E-state index contributed by atoms with van der Waals surface area (Å²) in [5, 5.41) is 0. The first-order valence-corrected chi connectivity index (χ1v) is 7.61. The van der Waals surface area contributed by atoms with Crippen molar-refractivity contribution < 1.29 is 14.3 Å². The number of ketones is 1. The average Bonchev–Trinajstić information content (AvgIpc) is 2.77. The number of hydrogen-bond acceptors (Lipinski definition) is 3. The lowest BCUT2D eigenvalue weighted by molar-refractivity contribution is -0.158. The summed E-state index contributed by atoms with van der Waals surface area (Å²) in [5.74, 6) is -0.357. The van der Waals surface area contributed by atoms with Crippen LogP contribution in [0, 0.1) is 5.41 Å². The molecule has 0 N–H and O–H groups in total. The van der Waals surface area contributed by atoms with E-state index in [2.05, 4.69) is 19.6 Å². The van der Waals surface area contributed by atoms with Crippen LogP contribution in [0.2, 0.25) is 0 Å². The van der Waals surface area contributed by atoms with Crippen molar-refractivity contribution in [2.45, 2.75) is 58.8 Å². The maximum Gasteiger partial charge on any atom is 0.319 e. The molecule has 0 heterocycles. The molecule has 0 aromatic carbocycles. The van der Waals surface area contributed by atoms with Gasteiger partial charge in [-0.3, -0.25) is 9.59 Å². The summed E-state index contributed by atoms with van der Waals surface area (Å²) in [6.45, 7) is 8.22. The first-order valence-electron chi connectivity index (χ1n) is 7.61. The van der Waals surface area contributed by atoms with Crippen molar-refractivity contribution in [1.82, 2.24) is 0 Å². The summed E-state index contributed by atoms with van der Waals surface area (Å²) in [7, 11) is 0. The molecule has 0 amide bonds. The van der Waals surface area contributed by atoms with E-state index in [4.69, 9.17) is 4.74 Å². The summed E-state index contributed by atoms with van der Waals surface area (Å²) < 4.78 is 5.12. The van der Waals surface area contributed by atoms with Gasteiger partial charge in [0.05, 0.1) is 6.61 Å². The van der Waals surface area contributed by atoms with Crippen LogP contribution < -0.4 is 0 Å². The minimum atomic E-state index is -0.970. The Morgan fingerprint density at radius 2 is 2.20 bits per heavy atom. The number of carbonyl (C=O) groups excluding carboxylic acids is 2. The molecular weight excluding hydrogens is 252 g/mol. The molecule has 3 heteroatoms. The molecule has 1 rings (SSSR count). The van der Waals surface area contributed by atoms with Gasteiger partial charge in [-0.2, -0.15) is 0 Å². The van der Waals surface area contributed by atoms with Gasteiger partial charge in [-0.25, -0.2) is 0 Å². The molecule has 1 aliphatic carbocycles. The maximum absolute atomic E-state index is 12.2. The minimum absolute atomic E-state index is 0.0130. The minimum Gasteiger partial charge on any atom is -0.465 e. The van der Waals surface area contributed by atoms with Crippen LogP contribution in [-0.2, 0) is 14.3 Å². The van der Waals surface area contributed by atoms with Gasteiger partial charge in [0, 0.05) is 6.42 Å². The highest BCUT2D eigenvalue weighted by Crippen LogP contribution is 2.41. The average molecular weight is 278 g/mol. The molecule has 20 heavy (non-hydrogen) atoms. The zero-order valence-corrected chi connectivity index (χ0v) is 12.7. The molecule has 112 valence electrons. The third-order valence-electron chi connectivity index (χ3n) is 3.81. The third kappa shape index (κ3) is 4.06. The Morgan fingerprint density at radius 1 is 1.45 bits per heavy atom. The van der Waals surface area contributed by atoms with Crippen molar-refractivity contribution in [2.75, 3.05) is 6.61 Å². The van der Waals surface area contributed by atoms with E-state index in [-0.39, 0.29) is 11.8 Å². The quantitative estimate of drug-likeness (QED) is 0.292. The van der Waals surface area contributed by atoms with Gasteiger partial charge in [0.15, 0.2) is 5.78 Å². The number of ether oxygens (including phenoxy) is 1. The van der Waals surface area contributed by atoms with Crippen molar-refractivity contribution in [3.05, 3.63) is 24.3 Å². The molecule has 3 nitrogen and oxygen atoms in total. The van der Waals surface area contributed by atoms with Crippen molar-refractivity contribution in [1.29, 1.82) is 0 Å². The molecule has 0 aromatic rings. The second-order valence-corrected chi connectivity index (χ2v) is 5.46. The second-order valence-electron chi connectivity index (χ2n) is 5.46. The number of carbonyl (C=O) groups is 2. The van der Waals surface area contributed by atoms with Gasteiger partial charge < -0.3 is 4.74 Å². The van der Waals surface area contributed by atoms with Crippen LogP contribution in [0.5, 0.6) is 0 Å². The maximum atomic E-state index is 12.2. The van der Waals surface area contributed by atoms with E-state index in [0.29, 0.717) is 25.9 Å². The largest absolute Gasteiger partial charge is 0.465 e. The fourth-order valence-corrected chi connectivity index (χ4v) is 2.69. The van der Waals surface area contributed by atoms with Gasteiger partial charge in [-0.1, -0.05) is 44.1 Å². The molecule has 0 radical (unpaired) electrons. The van der Waals surface area contributed by atoms with Gasteiger partial charge in [-0.05, 0) is 32.6 Å². The van der Waals surface area contributed by atoms with E-state index in [1.807, 2.05) is 6.08 Å². The fourth-order valence-electron chi connectivity index (χ4n) is 2.69. The molecule has 0 spiro atoms. The Morgan fingerprint density at radius 3 is 2.75 bits per heavy atom. The van der Waals surface area contributed by atoms with Crippen LogP contribution in [0.1, 0.15) is 58.8 Å². The van der Waals surface area contributed by atoms with E-state index < -0.39 is 5.41 Å². The molecule has 1 unspecified atom stereocenters. The highest BCUT2D eigenvalue weighted by Gasteiger charge is 2.49.